The Balaban J connectivity index is 1.50. The van der Waals surface area contributed by atoms with E-state index < -0.39 is 11.6 Å². The summed E-state index contributed by atoms with van der Waals surface area (Å²) in [5.74, 6) is -0.773. The summed E-state index contributed by atoms with van der Waals surface area (Å²) in [6.45, 7) is 9.47. The van der Waals surface area contributed by atoms with Crippen LogP contribution >= 0.6 is 11.6 Å². The van der Waals surface area contributed by atoms with Crippen LogP contribution in [0.5, 0.6) is 5.88 Å². The van der Waals surface area contributed by atoms with E-state index in [-0.39, 0.29) is 35.8 Å². The largest absolute Gasteiger partial charge is 0.472 e. The Kier molecular flexibility index (Phi) is 11.0. The van der Waals surface area contributed by atoms with E-state index in [0.29, 0.717) is 41.8 Å². The monoisotopic (exact) mass is 601 g/mol. The topological polar surface area (TPSA) is 123 Å². The lowest BCUT2D eigenvalue weighted by molar-refractivity contribution is -0.141. The molecule has 1 aromatic carbocycles. The molecule has 0 bridgehead atoms. The van der Waals surface area contributed by atoms with Crippen molar-refractivity contribution in [2.24, 2.45) is 0 Å². The lowest BCUT2D eigenvalue weighted by Crippen LogP contribution is -2.33. The molecular formula is C29H37ClFN7O4. The molecule has 1 unspecified atom stereocenters. The van der Waals surface area contributed by atoms with Crippen molar-refractivity contribution in [2.75, 3.05) is 57.1 Å². The maximum absolute atomic E-state index is 14.6. The van der Waals surface area contributed by atoms with Crippen LogP contribution < -0.4 is 20.7 Å². The van der Waals surface area contributed by atoms with Crippen LogP contribution in [-0.4, -0.2) is 84.3 Å². The van der Waals surface area contributed by atoms with E-state index in [1.165, 1.54) is 18.2 Å². The zero-order valence-electron chi connectivity index (χ0n) is 24.2. The normalized spacial score (nSPS) is 16.0. The second kappa shape index (κ2) is 14.7. The molecule has 1 amide bonds. The number of ether oxygens (including phenoxy) is 3. The van der Waals surface area contributed by atoms with Crippen LogP contribution in [0, 0.1) is 5.82 Å². The molecule has 226 valence electrons. The summed E-state index contributed by atoms with van der Waals surface area (Å²) in [6.07, 6.45) is 1.60. The molecule has 3 heterocycles. The molecule has 0 saturated carbocycles. The molecule has 11 nitrogen and oxygen atoms in total. The van der Waals surface area contributed by atoms with E-state index in [1.807, 2.05) is 20.9 Å². The van der Waals surface area contributed by atoms with Crippen LogP contribution in [0.25, 0.3) is 11.3 Å². The molecule has 1 fully saturated rings. The number of carbonyl (C=O) groups excluding carboxylic acids is 1. The molecule has 3 N–H and O–H groups in total. The van der Waals surface area contributed by atoms with Gasteiger partial charge < -0.3 is 35.1 Å². The standard InChI is InChI=1S/C29H37ClFN7O4/c1-5-38(13-11-32-4)12-9-27(39)35-26-15-20(8-10-33-26)34-25-16-24(22-14-19(30)6-7-23(22)31)36-37-28(25)40-17-21-18-41-29(2,3)42-21/h6-8,10,14-16,21,32H,5,9,11-13,17-18H2,1-4H3,(H2,33,34,35,36,39). The van der Waals surface area contributed by atoms with Gasteiger partial charge >= 0.3 is 0 Å². The van der Waals surface area contributed by atoms with Crippen molar-refractivity contribution in [3.05, 3.63) is 53.4 Å². The minimum absolute atomic E-state index is 0.141. The van der Waals surface area contributed by atoms with Gasteiger partial charge in [-0.25, -0.2) is 9.37 Å². The van der Waals surface area contributed by atoms with E-state index in [9.17, 15) is 9.18 Å². The van der Waals surface area contributed by atoms with Crippen LogP contribution in [0.1, 0.15) is 27.2 Å². The van der Waals surface area contributed by atoms with Gasteiger partial charge in [-0.15, -0.1) is 10.2 Å². The van der Waals surface area contributed by atoms with Crippen molar-refractivity contribution in [3.8, 4) is 17.1 Å². The number of nitrogens with zero attached hydrogens (tertiary/aromatic N) is 4. The molecule has 4 rings (SSSR count). The van der Waals surface area contributed by atoms with Gasteiger partial charge in [-0.2, -0.15) is 0 Å². The van der Waals surface area contributed by atoms with Gasteiger partial charge in [0.2, 0.25) is 5.91 Å². The van der Waals surface area contributed by atoms with Gasteiger partial charge in [-0.05, 0) is 57.8 Å². The van der Waals surface area contributed by atoms with E-state index in [4.69, 9.17) is 25.8 Å². The number of nitrogens with one attached hydrogen (secondary N) is 3. The van der Waals surface area contributed by atoms with Crippen molar-refractivity contribution in [1.29, 1.82) is 0 Å². The number of likely N-dealkylation sites (N-methyl/N-ethyl adjacent to an activating group) is 2. The second-order valence-corrected chi connectivity index (χ2v) is 10.7. The minimum Gasteiger partial charge on any atom is -0.472 e. The SMILES string of the molecule is CCN(CCNC)CCC(=O)Nc1cc(Nc2cc(-c3cc(Cl)ccc3F)nnc2OCC2COC(C)(C)O2)ccn1. The van der Waals surface area contributed by atoms with Crippen molar-refractivity contribution >= 4 is 34.7 Å². The highest BCUT2D eigenvalue weighted by atomic mass is 35.5. The lowest BCUT2D eigenvalue weighted by Gasteiger charge is -2.19. The van der Waals surface area contributed by atoms with Gasteiger partial charge in [0.15, 0.2) is 5.79 Å². The van der Waals surface area contributed by atoms with Crippen molar-refractivity contribution in [1.82, 2.24) is 25.4 Å². The smallest absolute Gasteiger partial charge is 0.257 e. The fourth-order valence-corrected chi connectivity index (χ4v) is 4.49. The highest BCUT2D eigenvalue weighted by molar-refractivity contribution is 6.30. The molecule has 13 heteroatoms. The number of rotatable bonds is 14. The van der Waals surface area contributed by atoms with Gasteiger partial charge in [-0.1, -0.05) is 18.5 Å². The highest BCUT2D eigenvalue weighted by Crippen LogP contribution is 2.32. The van der Waals surface area contributed by atoms with E-state index in [0.717, 1.165) is 19.6 Å². The average Bonchev–Trinajstić information content (AvgIpc) is 3.32. The summed E-state index contributed by atoms with van der Waals surface area (Å²) >= 11 is 6.11. The molecule has 0 radical (unpaired) electrons. The number of hydrogen-bond donors (Lipinski definition) is 3. The molecular weight excluding hydrogens is 565 g/mol. The first-order chi connectivity index (χ1) is 20.2. The molecule has 0 aliphatic carbocycles. The zero-order chi connectivity index (χ0) is 30.1. The maximum Gasteiger partial charge on any atom is 0.257 e. The van der Waals surface area contributed by atoms with Gasteiger partial charge in [0.1, 0.15) is 30.0 Å². The summed E-state index contributed by atoms with van der Waals surface area (Å²) in [5, 5.41) is 18.0. The average molecular weight is 602 g/mol. The molecule has 1 aliphatic rings. The Bertz CT molecular complexity index is 1360. The van der Waals surface area contributed by atoms with Crippen molar-refractivity contribution < 1.29 is 23.4 Å². The Morgan fingerprint density at radius 1 is 1.21 bits per heavy atom. The Hall–Kier alpha value is -3.42. The van der Waals surface area contributed by atoms with Crippen LogP contribution in [-0.2, 0) is 14.3 Å². The number of aromatic nitrogens is 3. The molecule has 0 spiro atoms. The third-order valence-corrected chi connectivity index (χ3v) is 6.76. The Morgan fingerprint density at radius 2 is 2.05 bits per heavy atom. The summed E-state index contributed by atoms with van der Waals surface area (Å²) in [6, 6.07) is 9.26. The molecule has 3 aromatic rings. The van der Waals surface area contributed by atoms with Crippen LogP contribution in [0.2, 0.25) is 5.02 Å². The molecule has 1 atom stereocenters. The van der Waals surface area contributed by atoms with Gasteiger partial charge in [0, 0.05) is 54.6 Å². The Labute approximate surface area is 250 Å². The third kappa shape index (κ3) is 9.04. The highest BCUT2D eigenvalue weighted by Gasteiger charge is 2.33. The van der Waals surface area contributed by atoms with Crippen molar-refractivity contribution in [2.45, 2.75) is 39.1 Å². The predicted molar refractivity (Wildman–Crippen MR) is 160 cm³/mol. The summed E-state index contributed by atoms with van der Waals surface area (Å²) < 4.78 is 32.1. The van der Waals surface area contributed by atoms with Gasteiger partial charge in [-0.3, -0.25) is 4.79 Å². The van der Waals surface area contributed by atoms with Gasteiger partial charge in [0.05, 0.1) is 12.3 Å². The summed E-state index contributed by atoms with van der Waals surface area (Å²) in [5.41, 5.74) is 1.47. The van der Waals surface area contributed by atoms with E-state index >= 15 is 0 Å². The third-order valence-electron chi connectivity index (χ3n) is 6.52. The fourth-order valence-electron chi connectivity index (χ4n) is 4.31. The zero-order valence-corrected chi connectivity index (χ0v) is 25.0. The molecule has 1 saturated heterocycles. The number of amides is 1. The number of benzene rings is 1. The molecule has 42 heavy (non-hydrogen) atoms. The number of pyridine rings is 1. The minimum atomic E-state index is -0.700. The maximum atomic E-state index is 14.6. The van der Waals surface area contributed by atoms with Crippen molar-refractivity contribution in [3.63, 3.8) is 0 Å². The summed E-state index contributed by atoms with van der Waals surface area (Å²) in [7, 11) is 1.90. The number of carbonyl (C=O) groups is 1. The predicted octanol–water partition coefficient (Wildman–Crippen LogP) is 4.47. The molecule has 2 aromatic heterocycles. The second-order valence-electron chi connectivity index (χ2n) is 10.2. The first kappa shape index (κ1) is 31.5. The van der Waals surface area contributed by atoms with Crippen LogP contribution in [0.3, 0.4) is 0 Å². The lowest BCUT2D eigenvalue weighted by atomic mass is 10.1. The summed E-state index contributed by atoms with van der Waals surface area (Å²) in [4.78, 5) is 19.1. The van der Waals surface area contributed by atoms with E-state index in [2.05, 4.69) is 43.0 Å². The van der Waals surface area contributed by atoms with Crippen LogP contribution in [0.15, 0.2) is 42.6 Å². The quantitative estimate of drug-likeness (QED) is 0.244. The Morgan fingerprint density at radius 3 is 2.79 bits per heavy atom. The first-order valence-electron chi connectivity index (χ1n) is 13.8. The van der Waals surface area contributed by atoms with Gasteiger partial charge in [0.25, 0.3) is 5.88 Å². The van der Waals surface area contributed by atoms with Crippen LogP contribution in [0.4, 0.5) is 21.6 Å². The fraction of sp³-hybridized carbons (Fsp3) is 0.448. The molecule has 1 aliphatic heterocycles. The van der Waals surface area contributed by atoms with E-state index in [1.54, 1.807) is 24.4 Å². The number of halogens is 2. The number of anilines is 3. The first-order valence-corrected chi connectivity index (χ1v) is 14.2. The number of hydrogen-bond acceptors (Lipinski definition) is 10.